The maximum absolute atomic E-state index is 12.7. The molecule has 0 heterocycles. The van der Waals surface area contributed by atoms with Crippen LogP contribution in [0.25, 0.3) is 0 Å². The largest absolute Gasteiger partial charge is 0.484 e. The number of hydrogen-bond donors (Lipinski definition) is 2. The van der Waals surface area contributed by atoms with Gasteiger partial charge in [0.15, 0.2) is 6.61 Å². The van der Waals surface area contributed by atoms with Crippen LogP contribution in [0, 0.1) is 20.8 Å². The van der Waals surface area contributed by atoms with Gasteiger partial charge in [-0.3, -0.25) is 9.52 Å². The zero-order valence-corrected chi connectivity index (χ0v) is 19.0. The van der Waals surface area contributed by atoms with Crippen molar-refractivity contribution in [3.05, 3.63) is 82.4 Å². The zero-order chi connectivity index (χ0) is 22.6. The number of hydrogen-bond acceptors (Lipinski definition) is 4. The van der Waals surface area contributed by atoms with Crippen LogP contribution in [-0.2, 0) is 14.8 Å². The highest BCUT2D eigenvalue weighted by molar-refractivity contribution is 7.92. The number of halogens is 1. The number of benzene rings is 3. The summed E-state index contributed by atoms with van der Waals surface area (Å²) in [5.41, 5.74) is 3.73. The summed E-state index contributed by atoms with van der Waals surface area (Å²) in [6, 6.07) is 16.6. The molecule has 3 aromatic carbocycles. The van der Waals surface area contributed by atoms with Gasteiger partial charge in [-0.2, -0.15) is 0 Å². The minimum absolute atomic E-state index is 0.0661. The fraction of sp³-hybridized carbons (Fsp3) is 0.174. The highest BCUT2D eigenvalue weighted by Gasteiger charge is 2.16. The molecule has 8 heteroatoms. The lowest BCUT2D eigenvalue weighted by Crippen LogP contribution is -2.20. The average Bonchev–Trinajstić information content (AvgIpc) is 2.69. The summed E-state index contributed by atoms with van der Waals surface area (Å²) in [4.78, 5) is 12.2. The van der Waals surface area contributed by atoms with E-state index in [4.69, 9.17) is 16.3 Å². The first-order chi connectivity index (χ1) is 14.6. The van der Waals surface area contributed by atoms with Crippen molar-refractivity contribution in [3.8, 4) is 5.75 Å². The van der Waals surface area contributed by atoms with E-state index < -0.39 is 10.0 Å². The number of nitrogens with one attached hydrogen (secondary N) is 2. The maximum Gasteiger partial charge on any atom is 0.262 e. The van der Waals surface area contributed by atoms with Crippen LogP contribution in [-0.4, -0.2) is 20.9 Å². The van der Waals surface area contributed by atoms with Gasteiger partial charge in [0.2, 0.25) is 0 Å². The van der Waals surface area contributed by atoms with Crippen LogP contribution in [0.4, 0.5) is 11.4 Å². The number of sulfonamides is 1. The van der Waals surface area contributed by atoms with Crippen molar-refractivity contribution in [1.82, 2.24) is 0 Å². The predicted molar refractivity (Wildman–Crippen MR) is 123 cm³/mol. The second-order valence-electron chi connectivity index (χ2n) is 7.25. The molecule has 0 saturated carbocycles. The van der Waals surface area contributed by atoms with E-state index in [-0.39, 0.29) is 17.4 Å². The van der Waals surface area contributed by atoms with Gasteiger partial charge >= 0.3 is 0 Å². The molecule has 0 aliphatic heterocycles. The van der Waals surface area contributed by atoms with Gasteiger partial charge in [-0.25, -0.2) is 8.42 Å². The normalized spacial score (nSPS) is 11.1. The summed E-state index contributed by atoms with van der Waals surface area (Å²) < 4.78 is 33.4. The molecule has 0 aromatic heterocycles. The first-order valence-electron chi connectivity index (χ1n) is 9.52. The number of carbonyl (C=O) groups excluding carboxylic acids is 1. The lowest BCUT2D eigenvalue weighted by molar-refractivity contribution is -0.118. The van der Waals surface area contributed by atoms with Gasteiger partial charge in [0, 0.05) is 10.7 Å². The SMILES string of the molecule is Cc1cc(C)cc(OCC(=O)Nc2ccc(S(=O)(=O)Nc3cc(Cl)ccc3C)cc2)c1. The van der Waals surface area contributed by atoms with Crippen LogP contribution in [0.1, 0.15) is 16.7 Å². The second-order valence-corrected chi connectivity index (χ2v) is 9.37. The number of ether oxygens (including phenoxy) is 1. The molecule has 162 valence electrons. The van der Waals surface area contributed by atoms with Gasteiger partial charge < -0.3 is 10.1 Å². The molecule has 0 spiro atoms. The first kappa shape index (κ1) is 22.7. The van der Waals surface area contributed by atoms with Crippen LogP contribution in [0.3, 0.4) is 0 Å². The zero-order valence-electron chi connectivity index (χ0n) is 17.4. The molecule has 0 aliphatic carbocycles. The van der Waals surface area contributed by atoms with Gasteiger partial charge in [-0.05, 0) is 86.0 Å². The number of carbonyl (C=O) groups is 1. The minimum atomic E-state index is -3.80. The van der Waals surface area contributed by atoms with Crippen LogP contribution in [0.2, 0.25) is 5.02 Å². The fourth-order valence-electron chi connectivity index (χ4n) is 2.99. The second kappa shape index (κ2) is 9.41. The van der Waals surface area contributed by atoms with Crippen molar-refractivity contribution >= 4 is 38.9 Å². The van der Waals surface area contributed by atoms with E-state index in [1.54, 1.807) is 25.1 Å². The fourth-order valence-corrected chi connectivity index (χ4v) is 4.28. The van der Waals surface area contributed by atoms with Crippen LogP contribution < -0.4 is 14.8 Å². The molecule has 0 saturated heterocycles. The van der Waals surface area contributed by atoms with Gasteiger partial charge in [0.25, 0.3) is 15.9 Å². The summed E-state index contributed by atoms with van der Waals surface area (Å²) in [5, 5.41) is 3.12. The third kappa shape index (κ3) is 6.23. The van der Waals surface area contributed by atoms with E-state index in [9.17, 15) is 13.2 Å². The molecule has 1 amide bonds. The highest BCUT2D eigenvalue weighted by Crippen LogP contribution is 2.24. The summed E-state index contributed by atoms with van der Waals surface area (Å²) in [7, 11) is -3.80. The maximum atomic E-state index is 12.7. The third-order valence-electron chi connectivity index (χ3n) is 4.46. The number of aryl methyl sites for hydroxylation is 3. The van der Waals surface area contributed by atoms with Gasteiger partial charge in [-0.15, -0.1) is 0 Å². The lowest BCUT2D eigenvalue weighted by Gasteiger charge is -2.12. The molecule has 0 unspecified atom stereocenters. The van der Waals surface area contributed by atoms with Gasteiger partial charge in [0.05, 0.1) is 10.6 Å². The van der Waals surface area contributed by atoms with Crippen LogP contribution in [0.5, 0.6) is 5.75 Å². The Balaban J connectivity index is 1.62. The third-order valence-corrected chi connectivity index (χ3v) is 6.07. The molecule has 0 bridgehead atoms. The first-order valence-corrected chi connectivity index (χ1v) is 11.4. The molecule has 0 aliphatic rings. The Morgan fingerprint density at radius 3 is 2.23 bits per heavy atom. The van der Waals surface area contributed by atoms with Crippen LogP contribution in [0.15, 0.2) is 65.6 Å². The molecule has 3 rings (SSSR count). The van der Waals surface area contributed by atoms with E-state index >= 15 is 0 Å². The summed E-state index contributed by atoms with van der Waals surface area (Å²) in [6.07, 6.45) is 0. The van der Waals surface area contributed by atoms with Gasteiger partial charge in [-0.1, -0.05) is 23.7 Å². The molecular formula is C23H23ClN2O4S. The van der Waals surface area contributed by atoms with E-state index in [0.717, 1.165) is 16.7 Å². The quantitative estimate of drug-likeness (QED) is 0.516. The van der Waals surface area contributed by atoms with E-state index in [1.807, 2.05) is 32.0 Å². The van der Waals surface area contributed by atoms with Crippen molar-refractivity contribution in [3.63, 3.8) is 0 Å². The molecule has 2 N–H and O–H groups in total. The summed E-state index contributed by atoms with van der Waals surface area (Å²) in [5.74, 6) is 0.277. The molecule has 3 aromatic rings. The molecule has 0 radical (unpaired) electrons. The Morgan fingerprint density at radius 1 is 0.935 bits per heavy atom. The number of anilines is 2. The molecule has 6 nitrogen and oxygen atoms in total. The molecule has 31 heavy (non-hydrogen) atoms. The summed E-state index contributed by atoms with van der Waals surface area (Å²) in [6.45, 7) is 5.54. The summed E-state index contributed by atoms with van der Waals surface area (Å²) >= 11 is 5.96. The predicted octanol–water partition coefficient (Wildman–Crippen LogP) is 5.08. The van der Waals surface area contributed by atoms with Crippen molar-refractivity contribution in [2.75, 3.05) is 16.6 Å². The number of rotatable bonds is 7. The standard InChI is InChI=1S/C23H23ClN2O4S/c1-15-10-16(2)12-20(11-15)30-14-23(27)25-19-6-8-21(9-7-19)31(28,29)26-22-13-18(24)5-4-17(22)3/h4-13,26H,14H2,1-3H3,(H,25,27). The highest BCUT2D eigenvalue weighted by atomic mass is 35.5. The Bertz CT molecular complexity index is 1190. The van der Waals surface area contributed by atoms with Crippen LogP contribution >= 0.6 is 11.6 Å². The molecule has 0 fully saturated rings. The Kier molecular flexibility index (Phi) is 6.87. The van der Waals surface area contributed by atoms with E-state index in [2.05, 4.69) is 10.0 Å². The molecule has 0 atom stereocenters. The Labute approximate surface area is 187 Å². The topological polar surface area (TPSA) is 84.5 Å². The minimum Gasteiger partial charge on any atom is -0.484 e. The lowest BCUT2D eigenvalue weighted by atomic mass is 10.1. The van der Waals surface area contributed by atoms with E-state index in [0.29, 0.717) is 22.1 Å². The van der Waals surface area contributed by atoms with Crippen molar-refractivity contribution in [2.45, 2.75) is 25.7 Å². The van der Waals surface area contributed by atoms with Crippen molar-refractivity contribution < 1.29 is 17.9 Å². The van der Waals surface area contributed by atoms with Gasteiger partial charge in [0.1, 0.15) is 5.75 Å². The number of amides is 1. The van der Waals surface area contributed by atoms with Crippen molar-refractivity contribution in [2.24, 2.45) is 0 Å². The van der Waals surface area contributed by atoms with E-state index in [1.165, 1.54) is 24.3 Å². The smallest absolute Gasteiger partial charge is 0.262 e. The average molecular weight is 459 g/mol. The Hall–Kier alpha value is -3.03. The van der Waals surface area contributed by atoms with Crippen molar-refractivity contribution in [1.29, 1.82) is 0 Å². The monoisotopic (exact) mass is 458 g/mol. The Morgan fingerprint density at radius 2 is 1.58 bits per heavy atom. The molecular weight excluding hydrogens is 436 g/mol.